The van der Waals surface area contributed by atoms with Gasteiger partial charge < -0.3 is 15.4 Å². The Hall–Kier alpha value is -3.36. The van der Waals surface area contributed by atoms with Crippen LogP contribution in [0.3, 0.4) is 0 Å². The molecule has 2 heterocycles. The van der Waals surface area contributed by atoms with Crippen LogP contribution in [0, 0.1) is 0 Å². The van der Waals surface area contributed by atoms with E-state index in [0.717, 1.165) is 22.9 Å². The van der Waals surface area contributed by atoms with Crippen molar-refractivity contribution >= 4 is 22.7 Å². The van der Waals surface area contributed by atoms with Gasteiger partial charge in [0.2, 0.25) is 0 Å². The van der Waals surface area contributed by atoms with E-state index in [2.05, 4.69) is 25.6 Å². The minimum absolute atomic E-state index is 0.296. The number of alkyl halides is 3. The lowest BCUT2D eigenvalue weighted by Gasteiger charge is -2.10. The summed E-state index contributed by atoms with van der Waals surface area (Å²) >= 11 is 0. The van der Waals surface area contributed by atoms with Crippen molar-refractivity contribution in [2.75, 3.05) is 25.5 Å². The lowest BCUT2D eigenvalue weighted by molar-refractivity contribution is -0.137. The zero-order chi connectivity index (χ0) is 20.1. The van der Waals surface area contributed by atoms with Gasteiger partial charge in [0, 0.05) is 23.4 Å². The molecular formula is C19H17F3N4O2. The van der Waals surface area contributed by atoms with Crippen molar-refractivity contribution in [3.63, 3.8) is 0 Å². The Morgan fingerprint density at radius 2 is 1.71 bits per heavy atom. The van der Waals surface area contributed by atoms with Crippen LogP contribution in [-0.2, 0) is 10.9 Å². The normalized spacial score (nSPS) is 13.4. The van der Waals surface area contributed by atoms with Gasteiger partial charge in [0.25, 0.3) is 0 Å². The molecule has 1 fully saturated rings. The van der Waals surface area contributed by atoms with Crippen molar-refractivity contribution in [3.05, 3.63) is 54.1 Å². The summed E-state index contributed by atoms with van der Waals surface area (Å²) in [6.07, 6.45) is -4.64. The number of nitrogens with zero attached hydrogens (tertiary/aromatic N) is 2. The smallest absolute Gasteiger partial charge is 0.416 e. The number of ether oxygens (including phenoxy) is 1. The van der Waals surface area contributed by atoms with Crippen LogP contribution in [0.25, 0.3) is 22.0 Å². The molecule has 0 unspecified atom stereocenters. The second kappa shape index (κ2) is 8.12. The number of alkyl carbamates (subject to hydrolysis) is 1. The monoisotopic (exact) mass is 390 g/mol. The van der Waals surface area contributed by atoms with Gasteiger partial charge in [-0.15, -0.1) is 10.2 Å². The van der Waals surface area contributed by atoms with Gasteiger partial charge in [-0.25, -0.2) is 4.79 Å². The second-order valence-corrected chi connectivity index (χ2v) is 5.83. The fourth-order valence-electron chi connectivity index (χ4n) is 2.67. The average molecular weight is 390 g/mol. The number of amides is 1. The molecule has 0 aliphatic carbocycles. The minimum atomic E-state index is -4.34. The van der Waals surface area contributed by atoms with Crippen molar-refractivity contribution < 1.29 is 22.7 Å². The summed E-state index contributed by atoms with van der Waals surface area (Å²) in [6.45, 7) is 1.19. The molecule has 1 aliphatic heterocycles. The fourth-order valence-corrected chi connectivity index (χ4v) is 2.67. The number of hydrogen-bond acceptors (Lipinski definition) is 5. The topological polar surface area (TPSA) is 76.1 Å². The Morgan fingerprint density at radius 3 is 2.21 bits per heavy atom. The lowest BCUT2D eigenvalue weighted by Crippen LogP contribution is -2.11. The highest BCUT2D eigenvalue weighted by Crippen LogP contribution is 2.33. The number of cyclic esters (lactones) is 1. The first kappa shape index (κ1) is 19.4. The Labute approximate surface area is 158 Å². The van der Waals surface area contributed by atoms with Gasteiger partial charge in [-0.1, -0.05) is 36.4 Å². The van der Waals surface area contributed by atoms with E-state index in [-0.39, 0.29) is 6.09 Å². The molecular weight excluding hydrogens is 373 g/mol. The molecule has 1 saturated heterocycles. The lowest BCUT2D eigenvalue weighted by atomic mass is 10.0. The fraction of sp³-hybridized carbons (Fsp3) is 0.211. The van der Waals surface area contributed by atoms with Crippen molar-refractivity contribution in [2.45, 2.75) is 6.18 Å². The molecule has 0 radical (unpaired) electrons. The molecule has 4 rings (SSSR count). The van der Waals surface area contributed by atoms with Crippen LogP contribution in [0.5, 0.6) is 0 Å². The maximum absolute atomic E-state index is 12.6. The van der Waals surface area contributed by atoms with Gasteiger partial charge in [-0.05, 0) is 12.1 Å². The van der Waals surface area contributed by atoms with Gasteiger partial charge >= 0.3 is 12.3 Å². The summed E-state index contributed by atoms with van der Waals surface area (Å²) in [5.41, 5.74) is 0.475. The molecule has 0 atom stereocenters. The Balaban J connectivity index is 0.000000320. The molecule has 2 aromatic carbocycles. The molecule has 6 nitrogen and oxygen atoms in total. The number of rotatable bonds is 2. The molecule has 0 saturated carbocycles. The average Bonchev–Trinajstić information content (AvgIpc) is 3.18. The molecule has 28 heavy (non-hydrogen) atoms. The number of anilines is 1. The van der Waals surface area contributed by atoms with Gasteiger partial charge in [-0.2, -0.15) is 13.2 Å². The molecule has 146 valence electrons. The first-order valence-electron chi connectivity index (χ1n) is 8.41. The predicted octanol–water partition coefficient (Wildman–Crippen LogP) is 4.08. The zero-order valence-electron chi connectivity index (χ0n) is 14.9. The van der Waals surface area contributed by atoms with E-state index in [1.165, 1.54) is 12.1 Å². The van der Waals surface area contributed by atoms with Crippen LogP contribution in [0.2, 0.25) is 0 Å². The van der Waals surface area contributed by atoms with Gasteiger partial charge in [0.1, 0.15) is 12.3 Å². The number of fused-ring (bicyclic) bond motifs is 1. The minimum Gasteiger partial charge on any atom is -0.448 e. The number of benzene rings is 2. The summed E-state index contributed by atoms with van der Waals surface area (Å²) in [4.78, 5) is 9.91. The number of halogens is 3. The van der Waals surface area contributed by atoms with Crippen LogP contribution in [0.4, 0.5) is 23.8 Å². The van der Waals surface area contributed by atoms with E-state index in [4.69, 9.17) is 0 Å². The van der Waals surface area contributed by atoms with E-state index in [9.17, 15) is 18.0 Å². The summed E-state index contributed by atoms with van der Waals surface area (Å²) in [5.74, 6) is 0.631. The van der Waals surface area contributed by atoms with Crippen LogP contribution in [-0.4, -0.2) is 36.5 Å². The summed E-state index contributed by atoms with van der Waals surface area (Å²) in [6, 6.07) is 12.4. The van der Waals surface area contributed by atoms with E-state index in [1.807, 2.05) is 24.3 Å². The van der Waals surface area contributed by atoms with E-state index in [1.54, 1.807) is 7.05 Å². The SMILES string of the molecule is CNc1nnc(-c2ccc(C(F)(F)F)cc2)c2ccccc12.O=C1NCCO1. The number of nitrogens with one attached hydrogen (secondary N) is 2. The van der Waals surface area contributed by atoms with E-state index in [0.29, 0.717) is 30.2 Å². The van der Waals surface area contributed by atoms with Gasteiger partial charge in [0.05, 0.1) is 12.1 Å². The van der Waals surface area contributed by atoms with Crippen molar-refractivity contribution in [2.24, 2.45) is 0 Å². The van der Waals surface area contributed by atoms with Crippen LogP contribution in [0.15, 0.2) is 48.5 Å². The highest BCUT2D eigenvalue weighted by atomic mass is 19.4. The Bertz CT molecular complexity index is 967. The molecule has 1 aromatic heterocycles. The number of carbonyl (C=O) groups excluding carboxylic acids is 1. The summed E-state index contributed by atoms with van der Waals surface area (Å²) < 4.78 is 42.3. The standard InChI is InChI=1S/C16H12F3N3.C3H5NO2/c1-20-15-13-5-3-2-4-12(13)14(21-22-15)10-6-8-11(9-7-10)16(17,18)19;5-3-4-1-2-6-3/h2-9H,1H3,(H,20,22);1-2H2,(H,4,5). The zero-order valence-corrected chi connectivity index (χ0v) is 14.9. The summed E-state index contributed by atoms with van der Waals surface area (Å²) in [5, 5.41) is 15.4. The molecule has 0 spiro atoms. The number of hydrogen-bond donors (Lipinski definition) is 2. The quantitative estimate of drug-likeness (QED) is 0.690. The van der Waals surface area contributed by atoms with Crippen LogP contribution < -0.4 is 10.6 Å². The highest BCUT2D eigenvalue weighted by Gasteiger charge is 2.30. The third-order valence-electron chi connectivity index (χ3n) is 4.01. The van der Waals surface area contributed by atoms with Crippen molar-refractivity contribution in [1.82, 2.24) is 15.5 Å². The van der Waals surface area contributed by atoms with Gasteiger partial charge in [0.15, 0.2) is 5.82 Å². The largest absolute Gasteiger partial charge is 0.448 e. The first-order chi connectivity index (χ1) is 13.4. The van der Waals surface area contributed by atoms with Crippen molar-refractivity contribution in [3.8, 4) is 11.3 Å². The van der Waals surface area contributed by atoms with Crippen LogP contribution >= 0.6 is 0 Å². The molecule has 1 aliphatic rings. The van der Waals surface area contributed by atoms with Gasteiger partial charge in [-0.3, -0.25) is 0 Å². The second-order valence-electron chi connectivity index (χ2n) is 5.83. The Kier molecular flexibility index (Phi) is 5.62. The van der Waals surface area contributed by atoms with Crippen LogP contribution in [0.1, 0.15) is 5.56 Å². The molecule has 3 aromatic rings. The highest BCUT2D eigenvalue weighted by molar-refractivity contribution is 5.99. The summed E-state index contributed by atoms with van der Waals surface area (Å²) in [7, 11) is 1.74. The number of aromatic nitrogens is 2. The molecule has 0 bridgehead atoms. The van der Waals surface area contributed by atoms with Crippen molar-refractivity contribution in [1.29, 1.82) is 0 Å². The number of carbonyl (C=O) groups is 1. The maximum atomic E-state index is 12.6. The molecule has 9 heteroatoms. The molecule has 2 N–H and O–H groups in total. The van der Waals surface area contributed by atoms with E-state index < -0.39 is 11.7 Å². The third kappa shape index (κ3) is 4.30. The van der Waals surface area contributed by atoms with E-state index >= 15 is 0 Å². The third-order valence-corrected chi connectivity index (χ3v) is 4.01. The molecule has 1 amide bonds. The predicted molar refractivity (Wildman–Crippen MR) is 98.9 cm³/mol. The Morgan fingerprint density at radius 1 is 1.04 bits per heavy atom. The maximum Gasteiger partial charge on any atom is 0.416 e. The first-order valence-corrected chi connectivity index (χ1v) is 8.41.